The van der Waals surface area contributed by atoms with Gasteiger partial charge in [-0.15, -0.1) is 0 Å². The quantitative estimate of drug-likeness (QED) is 0.207. The number of fused-ring (bicyclic) bond motifs is 1. The van der Waals surface area contributed by atoms with Crippen LogP contribution in [0.15, 0.2) is 118 Å². The summed E-state index contributed by atoms with van der Waals surface area (Å²) in [5.41, 5.74) is 3.67. The van der Waals surface area contributed by atoms with Gasteiger partial charge >= 0.3 is 11.9 Å². The Balaban J connectivity index is 1.40. The van der Waals surface area contributed by atoms with Crippen LogP contribution < -0.4 is 24.4 Å². The summed E-state index contributed by atoms with van der Waals surface area (Å²) >= 11 is 1.24. The molecule has 1 aromatic heterocycles. The Bertz CT molecular complexity index is 2150. The van der Waals surface area contributed by atoms with E-state index in [0.29, 0.717) is 32.1 Å². The average Bonchev–Trinajstić information content (AvgIpc) is 3.41. The maximum absolute atomic E-state index is 14.1. The van der Waals surface area contributed by atoms with Gasteiger partial charge in [-0.05, 0) is 66.1 Å². The molecule has 1 atom stereocenters. The molecule has 0 fully saturated rings. The summed E-state index contributed by atoms with van der Waals surface area (Å²) in [5.74, 6) is -0.320. The van der Waals surface area contributed by atoms with Crippen LogP contribution in [0.2, 0.25) is 0 Å². The molecule has 0 saturated carbocycles. The molecule has 0 spiro atoms. The number of carbonyl (C=O) groups excluding carboxylic acids is 1. The minimum absolute atomic E-state index is 0.163. The van der Waals surface area contributed by atoms with E-state index in [4.69, 9.17) is 24.3 Å². The molecule has 47 heavy (non-hydrogen) atoms. The van der Waals surface area contributed by atoms with Gasteiger partial charge < -0.3 is 19.3 Å². The van der Waals surface area contributed by atoms with Gasteiger partial charge in [0.15, 0.2) is 4.80 Å². The topological polar surface area (TPSA) is 116 Å². The Hall–Kier alpha value is -5.74. The van der Waals surface area contributed by atoms with E-state index in [2.05, 4.69) is 0 Å². The number of carbonyl (C=O) groups is 2. The molecular formula is C37H30N2O7S. The van der Waals surface area contributed by atoms with E-state index in [1.165, 1.54) is 23.5 Å². The van der Waals surface area contributed by atoms with Gasteiger partial charge in [0, 0.05) is 5.56 Å². The number of carboxylic acid groups (broad SMARTS) is 1. The fourth-order valence-corrected chi connectivity index (χ4v) is 6.29. The Morgan fingerprint density at radius 2 is 1.68 bits per heavy atom. The van der Waals surface area contributed by atoms with Crippen LogP contribution >= 0.6 is 11.3 Å². The van der Waals surface area contributed by atoms with Crippen molar-refractivity contribution in [3.05, 3.63) is 156 Å². The minimum atomic E-state index is -0.979. The predicted molar refractivity (Wildman–Crippen MR) is 178 cm³/mol. The molecule has 0 aliphatic carbocycles. The summed E-state index contributed by atoms with van der Waals surface area (Å²) in [6.45, 7) is 2.18. The lowest BCUT2D eigenvalue weighted by Crippen LogP contribution is -2.40. The first-order valence-corrected chi connectivity index (χ1v) is 15.7. The van der Waals surface area contributed by atoms with E-state index < -0.39 is 18.0 Å². The van der Waals surface area contributed by atoms with Gasteiger partial charge in [-0.2, -0.15) is 0 Å². The zero-order valence-corrected chi connectivity index (χ0v) is 26.4. The molecule has 2 heterocycles. The Labute approximate surface area is 274 Å². The molecule has 1 aliphatic rings. The Morgan fingerprint density at radius 1 is 0.936 bits per heavy atom. The maximum Gasteiger partial charge on any atom is 0.338 e. The number of esters is 1. The third-order valence-electron chi connectivity index (χ3n) is 7.57. The molecule has 6 rings (SSSR count). The predicted octanol–water partition coefficient (Wildman–Crippen LogP) is 5.22. The highest BCUT2D eigenvalue weighted by atomic mass is 32.1. The van der Waals surface area contributed by atoms with Crippen LogP contribution in [0.25, 0.3) is 11.8 Å². The largest absolute Gasteiger partial charge is 0.497 e. The monoisotopic (exact) mass is 646 g/mol. The molecule has 4 aromatic carbocycles. The van der Waals surface area contributed by atoms with E-state index in [-0.39, 0.29) is 29.9 Å². The molecule has 1 aliphatic heterocycles. The fraction of sp³-hybridized carbons (Fsp3) is 0.135. The second kappa shape index (κ2) is 13.7. The maximum atomic E-state index is 14.1. The summed E-state index contributed by atoms with van der Waals surface area (Å²) in [6, 6.07) is 29.7. The van der Waals surface area contributed by atoms with E-state index in [1.54, 1.807) is 48.9 Å². The number of ether oxygens (including phenoxy) is 3. The summed E-state index contributed by atoms with van der Waals surface area (Å²) in [4.78, 5) is 44.2. The van der Waals surface area contributed by atoms with Gasteiger partial charge in [0.05, 0.1) is 41.1 Å². The molecule has 9 nitrogen and oxygen atoms in total. The van der Waals surface area contributed by atoms with E-state index in [9.17, 15) is 14.4 Å². The number of benzene rings is 4. The van der Waals surface area contributed by atoms with Gasteiger partial charge in [0.2, 0.25) is 0 Å². The molecule has 1 N–H and O–H groups in total. The van der Waals surface area contributed by atoms with Gasteiger partial charge in [-0.25, -0.2) is 14.6 Å². The molecule has 0 unspecified atom stereocenters. The first kappa shape index (κ1) is 31.3. The lowest BCUT2D eigenvalue weighted by Gasteiger charge is -2.26. The van der Waals surface area contributed by atoms with Crippen molar-refractivity contribution >= 4 is 35.0 Å². The molecular weight excluding hydrogens is 616 g/mol. The number of aromatic carboxylic acids is 1. The summed E-state index contributed by atoms with van der Waals surface area (Å²) < 4.78 is 18.9. The van der Waals surface area contributed by atoms with Crippen LogP contribution in [-0.4, -0.2) is 35.3 Å². The lowest BCUT2D eigenvalue weighted by molar-refractivity contribution is -0.138. The van der Waals surface area contributed by atoms with Crippen molar-refractivity contribution in [2.45, 2.75) is 19.6 Å². The molecule has 0 radical (unpaired) electrons. The van der Waals surface area contributed by atoms with Gasteiger partial charge in [0.1, 0.15) is 18.1 Å². The Morgan fingerprint density at radius 3 is 2.36 bits per heavy atom. The van der Waals surface area contributed by atoms with Crippen molar-refractivity contribution in [2.24, 2.45) is 4.99 Å². The molecule has 0 saturated heterocycles. The number of nitrogens with zero attached hydrogens (tertiary/aromatic N) is 2. The van der Waals surface area contributed by atoms with E-state index in [0.717, 1.165) is 16.7 Å². The SMILES string of the molecule is CCOC(=O)C1=C(c2ccccc2)N=c2s/c(=C/c3ccc(OCc4ccc(C(=O)O)cc4)cc3)c(=O)n2[C@H]1c1cccc(OC)c1. The van der Waals surface area contributed by atoms with Crippen molar-refractivity contribution in [1.82, 2.24) is 4.57 Å². The molecule has 10 heteroatoms. The molecule has 236 valence electrons. The smallest absolute Gasteiger partial charge is 0.338 e. The number of hydrogen-bond acceptors (Lipinski definition) is 8. The summed E-state index contributed by atoms with van der Waals surface area (Å²) in [6.07, 6.45) is 1.79. The molecule has 0 bridgehead atoms. The van der Waals surface area contributed by atoms with Crippen LogP contribution in [0.5, 0.6) is 11.5 Å². The van der Waals surface area contributed by atoms with Crippen molar-refractivity contribution in [2.75, 3.05) is 13.7 Å². The van der Waals surface area contributed by atoms with Crippen LogP contribution in [-0.2, 0) is 16.1 Å². The second-order valence-electron chi connectivity index (χ2n) is 10.6. The number of carboxylic acids is 1. The summed E-state index contributed by atoms with van der Waals surface area (Å²) in [7, 11) is 1.57. The van der Waals surface area contributed by atoms with Gasteiger partial charge in [-0.3, -0.25) is 9.36 Å². The van der Waals surface area contributed by atoms with Crippen molar-refractivity contribution in [1.29, 1.82) is 0 Å². The van der Waals surface area contributed by atoms with Crippen molar-refractivity contribution < 1.29 is 28.9 Å². The number of thiazole rings is 1. The van der Waals surface area contributed by atoms with Crippen LogP contribution in [0.1, 0.15) is 45.6 Å². The minimum Gasteiger partial charge on any atom is -0.497 e. The lowest BCUT2D eigenvalue weighted by atomic mass is 9.93. The van der Waals surface area contributed by atoms with E-state index in [1.807, 2.05) is 66.7 Å². The number of hydrogen-bond donors (Lipinski definition) is 1. The van der Waals surface area contributed by atoms with Crippen molar-refractivity contribution in [3.63, 3.8) is 0 Å². The van der Waals surface area contributed by atoms with Crippen molar-refractivity contribution in [3.8, 4) is 11.5 Å². The highest BCUT2D eigenvalue weighted by molar-refractivity contribution is 7.07. The zero-order chi connectivity index (χ0) is 32.9. The third kappa shape index (κ3) is 6.63. The Kier molecular flexibility index (Phi) is 9.12. The number of methoxy groups -OCH3 is 1. The fourth-order valence-electron chi connectivity index (χ4n) is 5.29. The normalized spacial score (nSPS) is 14.3. The van der Waals surface area contributed by atoms with E-state index >= 15 is 0 Å². The first-order chi connectivity index (χ1) is 22.9. The van der Waals surface area contributed by atoms with Gasteiger partial charge in [0.25, 0.3) is 5.56 Å². The highest BCUT2D eigenvalue weighted by Gasteiger charge is 2.35. The number of aromatic nitrogens is 1. The van der Waals surface area contributed by atoms with Crippen LogP contribution in [0.4, 0.5) is 0 Å². The first-order valence-electron chi connectivity index (χ1n) is 14.8. The standard InChI is InChI=1S/C37H30N2O7S/c1-3-45-36(43)31-32(25-8-5-4-6-9-25)38-37-39(33(31)27-10-7-11-29(21-27)44-2)34(40)30(47-37)20-23-14-18-28(19-15-23)46-22-24-12-16-26(17-13-24)35(41)42/h4-21,33H,3,22H2,1-2H3,(H,41,42)/b30-20+/t33-/m0/s1. The molecule has 5 aromatic rings. The highest BCUT2D eigenvalue weighted by Crippen LogP contribution is 2.36. The number of rotatable bonds is 10. The van der Waals surface area contributed by atoms with Crippen LogP contribution in [0.3, 0.4) is 0 Å². The molecule has 0 amide bonds. The third-order valence-corrected chi connectivity index (χ3v) is 8.55. The zero-order valence-electron chi connectivity index (χ0n) is 25.6. The second-order valence-corrected chi connectivity index (χ2v) is 11.6. The summed E-state index contributed by atoms with van der Waals surface area (Å²) in [5, 5.41) is 9.09. The van der Waals surface area contributed by atoms with Crippen LogP contribution in [0, 0.1) is 0 Å². The average molecular weight is 647 g/mol. The van der Waals surface area contributed by atoms with Gasteiger partial charge in [-0.1, -0.05) is 78.1 Å².